The quantitative estimate of drug-likeness (QED) is 0.595. The van der Waals surface area contributed by atoms with Crippen molar-refractivity contribution in [2.75, 3.05) is 31.7 Å². The van der Waals surface area contributed by atoms with Gasteiger partial charge in [0.2, 0.25) is 0 Å². The minimum Gasteiger partial charge on any atom is -0.380 e. The third kappa shape index (κ3) is 2.65. The molecule has 7 heteroatoms. The maximum Gasteiger partial charge on any atom is 0.255 e. The van der Waals surface area contributed by atoms with E-state index in [1.807, 2.05) is 18.9 Å². The maximum atomic E-state index is 5.94. The number of nitrogens with zero attached hydrogens (tertiary/aromatic N) is 5. The highest BCUT2D eigenvalue weighted by Gasteiger charge is 2.10. The van der Waals surface area contributed by atoms with Crippen molar-refractivity contribution in [3.05, 3.63) is 17.5 Å². The molecule has 6 nitrogen and oxygen atoms in total. The van der Waals surface area contributed by atoms with E-state index in [1.165, 1.54) is 6.33 Å². The second-order valence-electron chi connectivity index (χ2n) is 3.53. The van der Waals surface area contributed by atoms with Crippen LogP contribution in [-0.4, -0.2) is 46.4 Å². The van der Waals surface area contributed by atoms with E-state index in [0.29, 0.717) is 24.1 Å². The van der Waals surface area contributed by atoms with E-state index in [1.54, 1.807) is 10.6 Å². The molecule has 0 fully saturated rings. The number of hydrogen-bond donors (Lipinski definition) is 0. The molecule has 2 rings (SSSR count). The van der Waals surface area contributed by atoms with Gasteiger partial charge in [-0.25, -0.2) is 0 Å². The summed E-state index contributed by atoms with van der Waals surface area (Å²) in [5.41, 5.74) is 0. The molecule has 0 saturated carbocycles. The zero-order valence-corrected chi connectivity index (χ0v) is 10.6. The van der Waals surface area contributed by atoms with E-state index >= 15 is 0 Å². The van der Waals surface area contributed by atoms with Gasteiger partial charge in [0.25, 0.3) is 5.78 Å². The van der Waals surface area contributed by atoms with E-state index < -0.39 is 0 Å². The zero-order chi connectivity index (χ0) is 12.3. The summed E-state index contributed by atoms with van der Waals surface area (Å²) in [5.74, 6) is 1.34. The molecule has 17 heavy (non-hydrogen) atoms. The first-order valence-corrected chi connectivity index (χ1v) is 5.75. The van der Waals surface area contributed by atoms with E-state index in [0.717, 1.165) is 12.4 Å². The minimum atomic E-state index is 0.406. The number of likely N-dealkylation sites (N-methyl/N-ethyl adjacent to an activating group) is 1. The normalized spacial score (nSPS) is 11.0. The lowest BCUT2D eigenvalue weighted by atomic mass is 10.5. The SMILES string of the molecule is CCOCCN(C)c1cc(Cl)nc2ncnn12. The fraction of sp³-hybridized carbons (Fsp3) is 0.500. The van der Waals surface area contributed by atoms with E-state index in [9.17, 15) is 0 Å². The lowest BCUT2D eigenvalue weighted by Crippen LogP contribution is -2.25. The fourth-order valence-electron chi connectivity index (χ4n) is 1.50. The first kappa shape index (κ1) is 12.1. The van der Waals surface area contributed by atoms with Crippen molar-refractivity contribution in [3.63, 3.8) is 0 Å². The Hall–Kier alpha value is -1.40. The molecule has 0 radical (unpaired) electrons. The molecule has 0 N–H and O–H groups in total. The molecular weight excluding hydrogens is 242 g/mol. The van der Waals surface area contributed by atoms with Gasteiger partial charge >= 0.3 is 0 Å². The molecule has 0 spiro atoms. The van der Waals surface area contributed by atoms with Crippen LogP contribution < -0.4 is 4.90 Å². The molecule has 0 aliphatic heterocycles. The zero-order valence-electron chi connectivity index (χ0n) is 9.80. The van der Waals surface area contributed by atoms with Gasteiger partial charge in [0.15, 0.2) is 0 Å². The average Bonchev–Trinajstić information content (AvgIpc) is 2.75. The Kier molecular flexibility index (Phi) is 3.75. The number of fused-ring (bicyclic) bond motifs is 1. The van der Waals surface area contributed by atoms with E-state index in [2.05, 4.69) is 15.1 Å². The molecule has 0 amide bonds. The van der Waals surface area contributed by atoms with Crippen LogP contribution in [0.15, 0.2) is 12.4 Å². The third-order valence-electron chi connectivity index (χ3n) is 2.37. The van der Waals surface area contributed by atoms with Crippen LogP contribution in [0.4, 0.5) is 5.82 Å². The Balaban J connectivity index is 2.24. The molecular formula is C10H14ClN5O. The molecule has 2 aromatic rings. The number of ether oxygens (including phenoxy) is 1. The van der Waals surface area contributed by atoms with Crippen LogP contribution >= 0.6 is 11.6 Å². The molecule has 0 atom stereocenters. The minimum absolute atomic E-state index is 0.406. The van der Waals surface area contributed by atoms with E-state index in [4.69, 9.17) is 16.3 Å². The predicted molar refractivity (Wildman–Crippen MR) is 65.6 cm³/mol. The van der Waals surface area contributed by atoms with Crippen LogP contribution in [0.25, 0.3) is 5.78 Å². The second-order valence-corrected chi connectivity index (χ2v) is 3.91. The number of anilines is 1. The summed E-state index contributed by atoms with van der Waals surface area (Å²) in [6.45, 7) is 4.09. The maximum absolute atomic E-state index is 5.94. The molecule has 0 aliphatic carbocycles. The van der Waals surface area contributed by atoms with Gasteiger partial charge < -0.3 is 9.64 Å². The first-order valence-electron chi connectivity index (χ1n) is 5.37. The number of hydrogen-bond acceptors (Lipinski definition) is 5. The molecule has 0 saturated heterocycles. The van der Waals surface area contributed by atoms with Gasteiger partial charge in [-0.1, -0.05) is 11.6 Å². The smallest absolute Gasteiger partial charge is 0.255 e. The molecule has 0 bridgehead atoms. The van der Waals surface area contributed by atoms with Crippen LogP contribution in [-0.2, 0) is 4.74 Å². The van der Waals surface area contributed by atoms with Crippen LogP contribution in [0.1, 0.15) is 6.92 Å². The summed E-state index contributed by atoms with van der Waals surface area (Å²) in [7, 11) is 1.95. The van der Waals surface area contributed by atoms with Crippen molar-refractivity contribution in [3.8, 4) is 0 Å². The van der Waals surface area contributed by atoms with Gasteiger partial charge in [0.05, 0.1) is 6.61 Å². The van der Waals surface area contributed by atoms with Gasteiger partial charge in [0.1, 0.15) is 17.3 Å². The summed E-state index contributed by atoms with van der Waals surface area (Å²) < 4.78 is 6.96. The second kappa shape index (κ2) is 5.29. The van der Waals surface area contributed by atoms with Gasteiger partial charge in [-0.15, -0.1) is 0 Å². The summed E-state index contributed by atoms with van der Waals surface area (Å²) in [6.07, 6.45) is 1.46. The number of halogens is 1. The Labute approximate surface area is 104 Å². The van der Waals surface area contributed by atoms with Crippen LogP contribution in [0.3, 0.4) is 0 Å². The van der Waals surface area contributed by atoms with Crippen molar-refractivity contribution >= 4 is 23.2 Å². The Morgan fingerprint density at radius 3 is 3.12 bits per heavy atom. The van der Waals surface area contributed by atoms with Gasteiger partial charge in [-0.05, 0) is 6.92 Å². The van der Waals surface area contributed by atoms with Crippen molar-refractivity contribution in [2.45, 2.75) is 6.92 Å². The highest BCUT2D eigenvalue weighted by atomic mass is 35.5. The molecule has 0 aromatic carbocycles. The summed E-state index contributed by atoms with van der Waals surface area (Å²) in [5, 5.41) is 4.52. The fourth-order valence-corrected chi connectivity index (χ4v) is 1.67. The highest BCUT2D eigenvalue weighted by Crippen LogP contribution is 2.17. The van der Waals surface area contributed by atoms with Gasteiger partial charge in [0, 0.05) is 26.3 Å². The predicted octanol–water partition coefficient (Wildman–Crippen LogP) is 1.25. The average molecular weight is 256 g/mol. The summed E-state index contributed by atoms with van der Waals surface area (Å²) in [6, 6.07) is 1.76. The molecule has 0 unspecified atom stereocenters. The molecule has 2 aromatic heterocycles. The number of rotatable bonds is 5. The molecule has 2 heterocycles. The van der Waals surface area contributed by atoms with Gasteiger partial charge in [-0.3, -0.25) is 0 Å². The number of aromatic nitrogens is 4. The lowest BCUT2D eigenvalue weighted by molar-refractivity contribution is 0.154. The Morgan fingerprint density at radius 1 is 1.53 bits per heavy atom. The van der Waals surface area contributed by atoms with Crippen molar-refractivity contribution in [2.24, 2.45) is 0 Å². The Bertz CT molecular complexity index is 500. The highest BCUT2D eigenvalue weighted by molar-refractivity contribution is 6.29. The van der Waals surface area contributed by atoms with Crippen LogP contribution in [0.5, 0.6) is 0 Å². The van der Waals surface area contributed by atoms with Gasteiger partial charge in [-0.2, -0.15) is 19.6 Å². The molecule has 92 valence electrons. The lowest BCUT2D eigenvalue weighted by Gasteiger charge is -2.19. The summed E-state index contributed by atoms with van der Waals surface area (Å²) in [4.78, 5) is 10.1. The van der Waals surface area contributed by atoms with E-state index in [-0.39, 0.29) is 0 Å². The Morgan fingerprint density at radius 2 is 2.35 bits per heavy atom. The topological polar surface area (TPSA) is 55.5 Å². The monoisotopic (exact) mass is 255 g/mol. The van der Waals surface area contributed by atoms with Crippen LogP contribution in [0, 0.1) is 0 Å². The largest absolute Gasteiger partial charge is 0.380 e. The first-order chi connectivity index (χ1) is 8.22. The standard InChI is InChI=1S/C10H14ClN5O/c1-3-17-5-4-15(2)9-6-8(11)14-10-12-7-13-16(9)10/h6-7H,3-5H2,1-2H3. The molecule has 0 aliphatic rings. The van der Waals surface area contributed by atoms with Crippen molar-refractivity contribution in [1.29, 1.82) is 0 Å². The summed E-state index contributed by atoms with van der Waals surface area (Å²) >= 11 is 5.94. The van der Waals surface area contributed by atoms with Crippen molar-refractivity contribution < 1.29 is 4.74 Å². The van der Waals surface area contributed by atoms with Crippen molar-refractivity contribution in [1.82, 2.24) is 19.6 Å². The van der Waals surface area contributed by atoms with Crippen LogP contribution in [0.2, 0.25) is 5.15 Å². The third-order valence-corrected chi connectivity index (χ3v) is 2.56.